The smallest absolute Gasteiger partial charge is 0.306 e. The Kier molecular flexibility index (Phi) is 5.72. The summed E-state index contributed by atoms with van der Waals surface area (Å²) in [6.45, 7) is 0. The predicted molar refractivity (Wildman–Crippen MR) is 84.1 cm³/mol. The van der Waals surface area contributed by atoms with E-state index >= 15 is 0 Å². The van der Waals surface area contributed by atoms with Gasteiger partial charge in [0, 0.05) is 6.42 Å². The number of methoxy groups -OCH3 is 1. The monoisotopic (exact) mass is 297 g/mol. The van der Waals surface area contributed by atoms with Crippen molar-refractivity contribution in [3.8, 4) is 0 Å². The average Bonchev–Trinajstić information content (AvgIpc) is 2.59. The van der Waals surface area contributed by atoms with Gasteiger partial charge in [-0.3, -0.25) is 9.59 Å². The van der Waals surface area contributed by atoms with Gasteiger partial charge in [0.25, 0.3) is 0 Å². The molecule has 114 valence electrons. The van der Waals surface area contributed by atoms with Crippen molar-refractivity contribution >= 4 is 11.9 Å². The number of benzene rings is 2. The number of esters is 1. The molecule has 0 aliphatic carbocycles. The van der Waals surface area contributed by atoms with E-state index in [-0.39, 0.29) is 30.8 Å². The van der Waals surface area contributed by atoms with Crippen LogP contribution in [-0.2, 0) is 14.3 Å². The molecule has 2 aromatic carbocycles. The number of amides is 1. The Hall–Kier alpha value is -2.62. The second-order valence-electron chi connectivity index (χ2n) is 4.90. The maximum atomic E-state index is 12.1. The average molecular weight is 297 g/mol. The molecule has 0 saturated carbocycles. The first-order valence-electron chi connectivity index (χ1n) is 7.17. The van der Waals surface area contributed by atoms with E-state index < -0.39 is 0 Å². The van der Waals surface area contributed by atoms with Crippen LogP contribution in [0.5, 0.6) is 0 Å². The summed E-state index contributed by atoms with van der Waals surface area (Å²) in [7, 11) is 1.32. The molecule has 0 aromatic heterocycles. The zero-order valence-corrected chi connectivity index (χ0v) is 12.5. The van der Waals surface area contributed by atoms with Crippen LogP contribution in [-0.4, -0.2) is 19.0 Å². The molecule has 0 spiro atoms. The van der Waals surface area contributed by atoms with Crippen LogP contribution >= 0.6 is 0 Å². The molecule has 0 aliphatic rings. The molecule has 4 nitrogen and oxygen atoms in total. The van der Waals surface area contributed by atoms with Crippen molar-refractivity contribution in [2.75, 3.05) is 7.11 Å². The minimum atomic E-state index is -0.383. The maximum absolute atomic E-state index is 12.1. The highest BCUT2D eigenvalue weighted by Gasteiger charge is 2.17. The summed E-state index contributed by atoms with van der Waals surface area (Å²) >= 11 is 0. The number of ether oxygens (including phenoxy) is 1. The molecule has 0 saturated heterocycles. The summed E-state index contributed by atoms with van der Waals surface area (Å²) in [6.07, 6.45) is 0.196. The largest absolute Gasteiger partial charge is 0.469 e. The summed E-state index contributed by atoms with van der Waals surface area (Å²) < 4.78 is 4.56. The van der Waals surface area contributed by atoms with Gasteiger partial charge in [-0.05, 0) is 11.1 Å². The number of carbonyl (C=O) groups excluding carboxylic acids is 2. The first-order valence-corrected chi connectivity index (χ1v) is 7.17. The molecule has 0 heterocycles. The summed E-state index contributed by atoms with van der Waals surface area (Å²) in [5.41, 5.74) is 2.00. The highest BCUT2D eigenvalue weighted by atomic mass is 16.5. The molecule has 2 rings (SSSR count). The fraction of sp³-hybridized carbons (Fsp3) is 0.222. The fourth-order valence-electron chi connectivity index (χ4n) is 2.20. The van der Waals surface area contributed by atoms with Crippen molar-refractivity contribution in [1.82, 2.24) is 5.32 Å². The third-order valence-electron chi connectivity index (χ3n) is 3.35. The first-order chi connectivity index (χ1) is 10.7. The molecule has 0 atom stereocenters. The van der Waals surface area contributed by atoms with Crippen LogP contribution < -0.4 is 5.32 Å². The lowest BCUT2D eigenvalue weighted by Gasteiger charge is -2.19. The number of hydrogen-bond acceptors (Lipinski definition) is 3. The minimum absolute atomic E-state index is 0.0820. The van der Waals surface area contributed by atoms with Gasteiger partial charge in [0.2, 0.25) is 5.91 Å². The van der Waals surface area contributed by atoms with Gasteiger partial charge in [0.15, 0.2) is 0 Å². The SMILES string of the molecule is COC(=O)CCC(=O)NC(c1ccccc1)c1ccccc1. The molecule has 0 fully saturated rings. The van der Waals surface area contributed by atoms with Crippen molar-refractivity contribution < 1.29 is 14.3 Å². The van der Waals surface area contributed by atoms with E-state index in [0.29, 0.717) is 0 Å². The van der Waals surface area contributed by atoms with Gasteiger partial charge in [-0.1, -0.05) is 60.7 Å². The normalized spacial score (nSPS) is 10.3. The second kappa shape index (κ2) is 7.98. The van der Waals surface area contributed by atoms with Crippen LogP contribution in [0.25, 0.3) is 0 Å². The van der Waals surface area contributed by atoms with Gasteiger partial charge < -0.3 is 10.1 Å². The van der Waals surface area contributed by atoms with Gasteiger partial charge in [0.05, 0.1) is 19.6 Å². The van der Waals surface area contributed by atoms with Gasteiger partial charge in [-0.15, -0.1) is 0 Å². The Labute approximate surface area is 130 Å². The van der Waals surface area contributed by atoms with E-state index in [4.69, 9.17) is 0 Å². The van der Waals surface area contributed by atoms with Crippen LogP contribution in [0.2, 0.25) is 0 Å². The first kappa shape index (κ1) is 15.8. The van der Waals surface area contributed by atoms with E-state index in [9.17, 15) is 9.59 Å². The van der Waals surface area contributed by atoms with Crippen LogP contribution in [0.3, 0.4) is 0 Å². The summed E-state index contributed by atoms with van der Waals surface area (Å²) in [5.74, 6) is -0.561. The number of nitrogens with one attached hydrogen (secondary N) is 1. The number of carbonyl (C=O) groups is 2. The molecule has 0 radical (unpaired) electrons. The molecule has 2 aromatic rings. The Morgan fingerprint density at radius 1 is 0.909 bits per heavy atom. The molecule has 0 aliphatic heterocycles. The molecule has 0 unspecified atom stereocenters. The Bertz CT molecular complexity index is 571. The fourth-order valence-corrected chi connectivity index (χ4v) is 2.20. The van der Waals surface area contributed by atoms with Crippen molar-refractivity contribution in [2.45, 2.75) is 18.9 Å². The van der Waals surface area contributed by atoms with Gasteiger partial charge in [0.1, 0.15) is 0 Å². The summed E-state index contributed by atoms with van der Waals surface area (Å²) in [6, 6.07) is 19.3. The van der Waals surface area contributed by atoms with E-state index in [1.807, 2.05) is 60.7 Å². The van der Waals surface area contributed by atoms with E-state index in [2.05, 4.69) is 10.1 Å². The molecule has 1 amide bonds. The molecule has 0 bridgehead atoms. The summed E-state index contributed by atoms with van der Waals surface area (Å²) in [5, 5.41) is 2.98. The van der Waals surface area contributed by atoms with Gasteiger partial charge in [-0.2, -0.15) is 0 Å². The molecular weight excluding hydrogens is 278 g/mol. The van der Waals surface area contributed by atoms with E-state index in [1.165, 1.54) is 7.11 Å². The maximum Gasteiger partial charge on any atom is 0.306 e. The molecule has 4 heteroatoms. The highest BCUT2D eigenvalue weighted by molar-refractivity contribution is 5.81. The zero-order chi connectivity index (χ0) is 15.8. The Morgan fingerprint density at radius 2 is 1.41 bits per heavy atom. The van der Waals surface area contributed by atoms with Crippen molar-refractivity contribution in [2.24, 2.45) is 0 Å². The molecule has 1 N–H and O–H groups in total. The Balaban J connectivity index is 2.12. The number of rotatable bonds is 6. The van der Waals surface area contributed by atoms with E-state index in [1.54, 1.807) is 0 Å². The van der Waals surface area contributed by atoms with Crippen LogP contribution in [0.1, 0.15) is 30.0 Å². The third kappa shape index (κ3) is 4.45. The topological polar surface area (TPSA) is 55.4 Å². The van der Waals surface area contributed by atoms with Crippen LogP contribution in [0.15, 0.2) is 60.7 Å². The van der Waals surface area contributed by atoms with Crippen molar-refractivity contribution in [1.29, 1.82) is 0 Å². The standard InChI is InChI=1S/C18H19NO3/c1-22-17(21)13-12-16(20)19-18(14-8-4-2-5-9-14)15-10-6-3-7-11-15/h2-11,18H,12-13H2,1H3,(H,19,20). The van der Waals surface area contributed by atoms with E-state index in [0.717, 1.165) is 11.1 Å². The Morgan fingerprint density at radius 3 is 1.86 bits per heavy atom. The van der Waals surface area contributed by atoms with Gasteiger partial charge in [-0.25, -0.2) is 0 Å². The van der Waals surface area contributed by atoms with Crippen molar-refractivity contribution in [3.05, 3.63) is 71.8 Å². The number of hydrogen-bond donors (Lipinski definition) is 1. The molecule has 22 heavy (non-hydrogen) atoms. The van der Waals surface area contributed by atoms with Gasteiger partial charge >= 0.3 is 5.97 Å². The second-order valence-corrected chi connectivity index (χ2v) is 4.90. The van der Waals surface area contributed by atoms with Crippen LogP contribution in [0, 0.1) is 0 Å². The minimum Gasteiger partial charge on any atom is -0.469 e. The highest BCUT2D eigenvalue weighted by Crippen LogP contribution is 2.21. The molecular formula is C18H19NO3. The lowest BCUT2D eigenvalue weighted by Crippen LogP contribution is -2.29. The third-order valence-corrected chi connectivity index (χ3v) is 3.35. The van der Waals surface area contributed by atoms with Crippen molar-refractivity contribution in [3.63, 3.8) is 0 Å². The lowest BCUT2D eigenvalue weighted by molar-refractivity contribution is -0.142. The van der Waals surface area contributed by atoms with Crippen LogP contribution in [0.4, 0.5) is 0 Å². The summed E-state index contributed by atoms with van der Waals surface area (Å²) in [4.78, 5) is 23.2. The zero-order valence-electron chi connectivity index (χ0n) is 12.5. The predicted octanol–water partition coefficient (Wildman–Crippen LogP) is 2.85. The lowest BCUT2D eigenvalue weighted by atomic mass is 9.98. The quantitative estimate of drug-likeness (QED) is 0.834.